The van der Waals surface area contributed by atoms with E-state index in [4.69, 9.17) is 11.6 Å². The van der Waals surface area contributed by atoms with Crippen molar-refractivity contribution in [3.05, 3.63) is 64.7 Å². The molecule has 5 nitrogen and oxygen atoms in total. The molecule has 1 N–H and O–H groups in total. The second-order valence-corrected chi connectivity index (χ2v) is 8.60. The lowest BCUT2D eigenvalue weighted by Crippen LogP contribution is -2.22. The number of nitriles is 1. The van der Waals surface area contributed by atoms with Crippen LogP contribution in [0.5, 0.6) is 0 Å². The van der Waals surface area contributed by atoms with Gasteiger partial charge >= 0.3 is 5.97 Å². The summed E-state index contributed by atoms with van der Waals surface area (Å²) in [4.78, 5) is 11.8. The number of hydrogen-bond donors (Lipinski definition) is 1. The third kappa shape index (κ3) is 2.60. The van der Waals surface area contributed by atoms with Crippen molar-refractivity contribution in [1.29, 1.82) is 5.26 Å². The van der Waals surface area contributed by atoms with Crippen molar-refractivity contribution in [2.45, 2.75) is 23.0 Å². The number of rotatable bonds is 4. The van der Waals surface area contributed by atoms with Crippen molar-refractivity contribution in [2.24, 2.45) is 5.41 Å². The molecule has 1 fully saturated rings. The fourth-order valence-corrected chi connectivity index (χ4v) is 5.57. The van der Waals surface area contributed by atoms with Gasteiger partial charge in [0.2, 0.25) is 0 Å². The lowest BCUT2D eigenvalue weighted by Gasteiger charge is -2.05. The molecule has 0 heterocycles. The summed E-state index contributed by atoms with van der Waals surface area (Å²) >= 11 is 5.84. The number of nitrogens with zero attached hydrogens (tertiary/aromatic N) is 1. The molecule has 1 aliphatic carbocycles. The number of carbonyl (C=O) groups is 1. The fourth-order valence-electron chi connectivity index (χ4n) is 3.20. The minimum absolute atomic E-state index is 0.0143. The molecule has 0 spiro atoms. The van der Waals surface area contributed by atoms with Crippen LogP contribution in [0.15, 0.2) is 53.4 Å². The number of halogens is 1. The Hall–Kier alpha value is -2.36. The molecule has 0 bridgehead atoms. The maximum absolute atomic E-state index is 13.0. The normalized spacial score (nSPS) is 25.2. The van der Waals surface area contributed by atoms with Gasteiger partial charge in [0.25, 0.3) is 0 Å². The van der Waals surface area contributed by atoms with Crippen LogP contribution in [0, 0.1) is 23.7 Å². The molecule has 0 aliphatic heterocycles. The molecule has 3 rings (SSSR count). The third-order valence-electron chi connectivity index (χ3n) is 4.58. The minimum Gasteiger partial charge on any atom is -0.480 e. The Morgan fingerprint density at radius 1 is 1.16 bits per heavy atom. The number of carboxylic acid groups (broad SMARTS) is 1. The summed E-state index contributed by atoms with van der Waals surface area (Å²) in [6, 6.07) is 14.1. The Morgan fingerprint density at radius 3 is 2.20 bits per heavy atom. The van der Waals surface area contributed by atoms with Gasteiger partial charge in [0, 0.05) is 10.9 Å². The number of sulfone groups is 1. The van der Waals surface area contributed by atoms with E-state index in [9.17, 15) is 23.6 Å². The largest absolute Gasteiger partial charge is 0.480 e. The van der Waals surface area contributed by atoms with Crippen LogP contribution in [0.3, 0.4) is 0 Å². The van der Waals surface area contributed by atoms with E-state index in [0.717, 1.165) is 5.56 Å². The van der Waals surface area contributed by atoms with Gasteiger partial charge < -0.3 is 5.11 Å². The summed E-state index contributed by atoms with van der Waals surface area (Å²) < 4.78 is 26.0. The number of hydrogen-bond acceptors (Lipinski definition) is 4. The molecule has 0 saturated heterocycles. The van der Waals surface area contributed by atoms with Crippen LogP contribution in [0.4, 0.5) is 0 Å². The molecule has 7 heteroatoms. The van der Waals surface area contributed by atoms with Crippen molar-refractivity contribution >= 4 is 27.4 Å². The third-order valence-corrected chi connectivity index (χ3v) is 7.08. The predicted molar refractivity (Wildman–Crippen MR) is 92.0 cm³/mol. The van der Waals surface area contributed by atoms with Gasteiger partial charge in [-0.05, 0) is 36.8 Å². The number of aryl methyl sites for hydroxylation is 1. The molecular formula is C18H14ClNO4S. The molecule has 128 valence electrons. The quantitative estimate of drug-likeness (QED) is 0.885. The highest BCUT2D eigenvalue weighted by Gasteiger charge is 2.77. The summed E-state index contributed by atoms with van der Waals surface area (Å²) in [6.07, 6.45) is 0. The predicted octanol–water partition coefficient (Wildman–Crippen LogP) is 3.18. The number of carboxylic acids is 1. The van der Waals surface area contributed by atoms with Crippen LogP contribution in [-0.2, 0) is 14.6 Å². The lowest BCUT2D eigenvalue weighted by atomic mass is 10.0. The summed E-state index contributed by atoms with van der Waals surface area (Å²) in [5.41, 5.74) is -0.653. The fraction of sp³-hybridized carbons (Fsp3) is 0.222. The topological polar surface area (TPSA) is 95.2 Å². The van der Waals surface area contributed by atoms with Gasteiger partial charge in [-0.15, -0.1) is 0 Å². The Morgan fingerprint density at radius 2 is 1.72 bits per heavy atom. The van der Waals surface area contributed by atoms with E-state index in [1.165, 1.54) is 12.1 Å². The van der Waals surface area contributed by atoms with Crippen LogP contribution in [0.25, 0.3) is 0 Å². The Balaban J connectivity index is 2.12. The molecule has 2 aromatic carbocycles. The Labute approximate surface area is 150 Å². The van der Waals surface area contributed by atoms with Gasteiger partial charge in [0.15, 0.2) is 15.3 Å². The molecule has 0 aromatic heterocycles. The standard InChI is InChI=1S/C18H14ClNO4S/c1-11-2-8-14(9-3-11)25(23,24)16-15(18(16,10-20)17(21)22)12-4-6-13(19)7-5-12/h2-9,15-16H,1H3,(H,21,22)/t15-,16-,18+/m1/s1. The van der Waals surface area contributed by atoms with Gasteiger partial charge in [-0.1, -0.05) is 41.4 Å². The second kappa shape index (κ2) is 5.87. The van der Waals surface area contributed by atoms with Crippen LogP contribution in [-0.4, -0.2) is 24.7 Å². The van der Waals surface area contributed by atoms with Gasteiger partial charge in [0.1, 0.15) is 5.25 Å². The molecule has 0 amide bonds. The van der Waals surface area contributed by atoms with Crippen molar-refractivity contribution in [1.82, 2.24) is 0 Å². The first-order chi connectivity index (χ1) is 11.7. The van der Waals surface area contributed by atoms with Gasteiger partial charge in [-0.2, -0.15) is 5.26 Å². The first-order valence-electron chi connectivity index (χ1n) is 7.46. The smallest absolute Gasteiger partial charge is 0.326 e. The zero-order valence-electron chi connectivity index (χ0n) is 13.2. The van der Waals surface area contributed by atoms with Gasteiger partial charge in [0.05, 0.1) is 11.0 Å². The number of benzene rings is 2. The molecule has 3 atom stereocenters. The monoisotopic (exact) mass is 375 g/mol. The summed E-state index contributed by atoms with van der Waals surface area (Å²) in [5, 5.41) is 18.2. The van der Waals surface area contributed by atoms with Crippen LogP contribution in [0.2, 0.25) is 5.02 Å². The first kappa shape index (κ1) is 17.5. The average molecular weight is 376 g/mol. The van der Waals surface area contributed by atoms with E-state index in [0.29, 0.717) is 10.6 Å². The number of aliphatic carboxylic acids is 1. The molecule has 0 radical (unpaired) electrons. The van der Waals surface area contributed by atoms with Gasteiger partial charge in [-0.25, -0.2) is 8.42 Å². The van der Waals surface area contributed by atoms with Crippen LogP contribution >= 0.6 is 11.6 Å². The highest BCUT2D eigenvalue weighted by molar-refractivity contribution is 7.92. The summed E-state index contributed by atoms with van der Waals surface area (Å²) in [6.45, 7) is 1.82. The molecule has 0 unspecified atom stereocenters. The zero-order chi connectivity index (χ0) is 18.4. The highest BCUT2D eigenvalue weighted by Crippen LogP contribution is 2.64. The molecule has 1 saturated carbocycles. The maximum atomic E-state index is 13.0. The maximum Gasteiger partial charge on any atom is 0.326 e. The first-order valence-corrected chi connectivity index (χ1v) is 9.38. The van der Waals surface area contributed by atoms with E-state index < -0.39 is 32.4 Å². The molecule has 1 aliphatic rings. The van der Waals surface area contributed by atoms with E-state index in [-0.39, 0.29) is 4.90 Å². The summed E-state index contributed by atoms with van der Waals surface area (Å²) in [5.74, 6) is -2.38. The molecule has 25 heavy (non-hydrogen) atoms. The molecule has 2 aromatic rings. The van der Waals surface area contributed by atoms with Crippen LogP contribution < -0.4 is 0 Å². The zero-order valence-corrected chi connectivity index (χ0v) is 14.8. The molecular weight excluding hydrogens is 362 g/mol. The van der Waals surface area contributed by atoms with Crippen molar-refractivity contribution in [2.75, 3.05) is 0 Å². The van der Waals surface area contributed by atoms with E-state index >= 15 is 0 Å². The SMILES string of the molecule is Cc1ccc(S(=O)(=O)[C@@H]2[C@@H](c3ccc(Cl)cc3)[C@]2(C#N)C(=O)O)cc1. The van der Waals surface area contributed by atoms with E-state index in [2.05, 4.69) is 0 Å². The average Bonchev–Trinajstić information content (AvgIpc) is 3.27. The highest BCUT2D eigenvalue weighted by atomic mass is 35.5. The van der Waals surface area contributed by atoms with Crippen molar-refractivity contribution in [3.8, 4) is 6.07 Å². The Kier molecular flexibility index (Phi) is 4.10. The van der Waals surface area contributed by atoms with E-state index in [1.807, 2.05) is 6.92 Å². The second-order valence-electron chi connectivity index (χ2n) is 6.09. The van der Waals surface area contributed by atoms with Crippen molar-refractivity contribution in [3.63, 3.8) is 0 Å². The lowest BCUT2D eigenvalue weighted by molar-refractivity contribution is -0.141. The van der Waals surface area contributed by atoms with Crippen molar-refractivity contribution < 1.29 is 18.3 Å². The van der Waals surface area contributed by atoms with Crippen LogP contribution in [0.1, 0.15) is 17.0 Å². The van der Waals surface area contributed by atoms with Gasteiger partial charge in [-0.3, -0.25) is 4.79 Å². The Bertz CT molecular complexity index is 977. The van der Waals surface area contributed by atoms with E-state index in [1.54, 1.807) is 42.5 Å². The minimum atomic E-state index is -3.99. The summed E-state index contributed by atoms with van der Waals surface area (Å²) in [7, 11) is -3.99.